The molecule has 1 fully saturated rings. The lowest BCUT2D eigenvalue weighted by Gasteiger charge is -2.41. The van der Waals surface area contributed by atoms with E-state index in [1.54, 1.807) is 0 Å². The molecule has 1 saturated heterocycles. The molecule has 2 heteroatoms. The van der Waals surface area contributed by atoms with Crippen LogP contribution in [0.2, 0.25) is 0 Å². The molecular formula is C13H17NO. The topological polar surface area (TPSA) is 23.5 Å². The summed E-state index contributed by atoms with van der Waals surface area (Å²) in [6.45, 7) is 3.60. The van der Waals surface area contributed by atoms with Gasteiger partial charge in [-0.1, -0.05) is 42.5 Å². The second kappa shape index (κ2) is 4.60. The van der Waals surface area contributed by atoms with Crippen molar-refractivity contribution in [1.29, 1.82) is 0 Å². The van der Waals surface area contributed by atoms with Crippen molar-refractivity contribution < 1.29 is 5.11 Å². The Morgan fingerprint density at radius 1 is 1.33 bits per heavy atom. The fourth-order valence-corrected chi connectivity index (χ4v) is 1.99. The van der Waals surface area contributed by atoms with Crippen LogP contribution in [0.1, 0.15) is 18.5 Å². The molecule has 1 aliphatic heterocycles. The van der Waals surface area contributed by atoms with Crippen LogP contribution in [0.3, 0.4) is 0 Å². The third-order valence-corrected chi connectivity index (χ3v) is 2.80. The SMILES string of the molecule is C/C=C/C(c1ccccc1)N1CC(O)C1. The molecule has 1 N–H and O–H groups in total. The van der Waals surface area contributed by atoms with Gasteiger partial charge in [0.1, 0.15) is 0 Å². The van der Waals surface area contributed by atoms with Crippen LogP contribution >= 0.6 is 0 Å². The van der Waals surface area contributed by atoms with Crippen LogP contribution in [-0.4, -0.2) is 29.2 Å². The van der Waals surface area contributed by atoms with Crippen LogP contribution in [0.25, 0.3) is 0 Å². The van der Waals surface area contributed by atoms with Gasteiger partial charge >= 0.3 is 0 Å². The molecule has 0 saturated carbocycles. The minimum atomic E-state index is -0.138. The van der Waals surface area contributed by atoms with E-state index in [1.165, 1.54) is 5.56 Å². The Hall–Kier alpha value is -1.12. The molecule has 1 aromatic carbocycles. The zero-order valence-corrected chi connectivity index (χ0v) is 9.00. The van der Waals surface area contributed by atoms with Crippen molar-refractivity contribution in [3.63, 3.8) is 0 Å². The van der Waals surface area contributed by atoms with Crippen LogP contribution in [0.4, 0.5) is 0 Å². The average Bonchev–Trinajstić information content (AvgIpc) is 2.23. The Labute approximate surface area is 90.8 Å². The molecule has 1 aromatic rings. The smallest absolute Gasteiger partial charge is 0.0794 e. The van der Waals surface area contributed by atoms with E-state index in [9.17, 15) is 5.11 Å². The molecule has 0 radical (unpaired) electrons. The van der Waals surface area contributed by atoms with Gasteiger partial charge in [-0.15, -0.1) is 0 Å². The average molecular weight is 203 g/mol. The molecule has 1 atom stereocenters. The van der Waals surface area contributed by atoms with Crippen molar-refractivity contribution in [1.82, 2.24) is 4.90 Å². The first kappa shape index (κ1) is 10.4. The van der Waals surface area contributed by atoms with E-state index in [4.69, 9.17) is 0 Å². The molecule has 2 nitrogen and oxygen atoms in total. The molecule has 0 aliphatic carbocycles. The van der Waals surface area contributed by atoms with Gasteiger partial charge in [0.2, 0.25) is 0 Å². The van der Waals surface area contributed by atoms with Gasteiger partial charge in [-0.3, -0.25) is 4.90 Å². The maximum atomic E-state index is 9.32. The summed E-state index contributed by atoms with van der Waals surface area (Å²) in [5.74, 6) is 0. The Bertz CT molecular complexity index is 328. The lowest BCUT2D eigenvalue weighted by molar-refractivity contribution is -0.0144. The van der Waals surface area contributed by atoms with Gasteiger partial charge in [0, 0.05) is 13.1 Å². The van der Waals surface area contributed by atoms with E-state index in [1.807, 2.05) is 13.0 Å². The Balaban J connectivity index is 2.13. The van der Waals surface area contributed by atoms with E-state index in [0.29, 0.717) is 6.04 Å². The zero-order chi connectivity index (χ0) is 10.7. The highest BCUT2D eigenvalue weighted by atomic mass is 16.3. The quantitative estimate of drug-likeness (QED) is 0.759. The molecule has 0 bridgehead atoms. The number of rotatable bonds is 3. The first-order valence-corrected chi connectivity index (χ1v) is 5.41. The molecule has 0 aromatic heterocycles. The number of nitrogens with zero attached hydrogens (tertiary/aromatic N) is 1. The third-order valence-electron chi connectivity index (χ3n) is 2.80. The Morgan fingerprint density at radius 2 is 2.00 bits per heavy atom. The van der Waals surface area contributed by atoms with Crippen molar-refractivity contribution in [2.45, 2.75) is 19.1 Å². The summed E-state index contributed by atoms with van der Waals surface area (Å²) in [7, 11) is 0. The zero-order valence-electron chi connectivity index (χ0n) is 9.00. The number of aliphatic hydroxyl groups excluding tert-OH is 1. The first-order valence-electron chi connectivity index (χ1n) is 5.41. The molecular weight excluding hydrogens is 186 g/mol. The molecule has 1 heterocycles. The van der Waals surface area contributed by atoms with Gasteiger partial charge in [0.25, 0.3) is 0 Å². The van der Waals surface area contributed by atoms with Crippen molar-refractivity contribution in [2.24, 2.45) is 0 Å². The summed E-state index contributed by atoms with van der Waals surface area (Å²) < 4.78 is 0. The highest BCUT2D eigenvalue weighted by molar-refractivity contribution is 5.24. The normalized spacial score (nSPS) is 20.4. The van der Waals surface area contributed by atoms with E-state index in [0.717, 1.165) is 13.1 Å². The van der Waals surface area contributed by atoms with Crippen LogP contribution < -0.4 is 0 Å². The lowest BCUT2D eigenvalue weighted by Crippen LogP contribution is -2.51. The van der Waals surface area contributed by atoms with Crippen LogP contribution in [0, 0.1) is 0 Å². The third kappa shape index (κ3) is 2.28. The second-order valence-electron chi connectivity index (χ2n) is 3.99. The summed E-state index contributed by atoms with van der Waals surface area (Å²) in [6.07, 6.45) is 4.12. The molecule has 0 amide bonds. The van der Waals surface area contributed by atoms with Crippen molar-refractivity contribution in [3.8, 4) is 0 Å². The summed E-state index contributed by atoms with van der Waals surface area (Å²) in [4.78, 5) is 2.28. The molecule has 0 spiro atoms. The molecule has 1 unspecified atom stereocenters. The van der Waals surface area contributed by atoms with Gasteiger partial charge in [-0.2, -0.15) is 0 Å². The number of hydrogen-bond donors (Lipinski definition) is 1. The number of hydrogen-bond acceptors (Lipinski definition) is 2. The number of aliphatic hydroxyl groups is 1. The maximum absolute atomic E-state index is 9.32. The molecule has 15 heavy (non-hydrogen) atoms. The van der Waals surface area contributed by atoms with Crippen molar-refractivity contribution >= 4 is 0 Å². The number of likely N-dealkylation sites (tertiary alicyclic amines) is 1. The largest absolute Gasteiger partial charge is 0.390 e. The highest BCUT2D eigenvalue weighted by Gasteiger charge is 2.29. The number of β-amino-alcohol motifs (C(OH)–C–C–N with tert-alkyl or cyclic N) is 1. The Morgan fingerprint density at radius 3 is 2.53 bits per heavy atom. The van der Waals surface area contributed by atoms with Gasteiger partial charge in [0.05, 0.1) is 12.1 Å². The molecule has 80 valence electrons. The number of allylic oxidation sites excluding steroid dienone is 1. The fourth-order valence-electron chi connectivity index (χ4n) is 1.99. The van der Waals surface area contributed by atoms with Crippen LogP contribution in [0.5, 0.6) is 0 Å². The highest BCUT2D eigenvalue weighted by Crippen LogP contribution is 2.26. The maximum Gasteiger partial charge on any atom is 0.0794 e. The van der Waals surface area contributed by atoms with Gasteiger partial charge in [-0.05, 0) is 12.5 Å². The fraction of sp³-hybridized carbons (Fsp3) is 0.385. The number of benzene rings is 1. The standard InChI is InChI=1S/C13H17NO/c1-2-6-13(14-9-12(15)10-14)11-7-4-3-5-8-11/h2-8,12-13,15H,9-10H2,1H3/b6-2+. The summed E-state index contributed by atoms with van der Waals surface area (Å²) in [5.41, 5.74) is 1.29. The van der Waals surface area contributed by atoms with Crippen LogP contribution in [0.15, 0.2) is 42.5 Å². The minimum Gasteiger partial charge on any atom is -0.390 e. The summed E-state index contributed by atoms with van der Waals surface area (Å²) in [6, 6.07) is 10.7. The summed E-state index contributed by atoms with van der Waals surface area (Å²) in [5, 5.41) is 9.32. The minimum absolute atomic E-state index is 0.138. The first-order chi connectivity index (χ1) is 7.31. The van der Waals surface area contributed by atoms with Crippen molar-refractivity contribution in [3.05, 3.63) is 48.0 Å². The van der Waals surface area contributed by atoms with Gasteiger partial charge in [0.15, 0.2) is 0 Å². The van der Waals surface area contributed by atoms with Gasteiger partial charge in [-0.25, -0.2) is 0 Å². The predicted molar refractivity (Wildman–Crippen MR) is 61.6 cm³/mol. The van der Waals surface area contributed by atoms with E-state index in [2.05, 4.69) is 41.3 Å². The van der Waals surface area contributed by atoms with E-state index < -0.39 is 0 Å². The van der Waals surface area contributed by atoms with Gasteiger partial charge < -0.3 is 5.11 Å². The van der Waals surface area contributed by atoms with Crippen molar-refractivity contribution in [2.75, 3.05) is 13.1 Å². The van der Waals surface area contributed by atoms with E-state index >= 15 is 0 Å². The van der Waals surface area contributed by atoms with E-state index in [-0.39, 0.29) is 6.10 Å². The second-order valence-corrected chi connectivity index (χ2v) is 3.99. The predicted octanol–water partition coefficient (Wildman–Crippen LogP) is 1.98. The Kier molecular flexibility index (Phi) is 3.19. The van der Waals surface area contributed by atoms with Crippen LogP contribution in [-0.2, 0) is 0 Å². The summed E-state index contributed by atoms with van der Waals surface area (Å²) >= 11 is 0. The monoisotopic (exact) mass is 203 g/mol. The molecule has 2 rings (SSSR count). The molecule has 1 aliphatic rings. The lowest BCUT2D eigenvalue weighted by atomic mass is 10.00.